The first-order valence-corrected chi connectivity index (χ1v) is 10.6. The van der Waals surface area contributed by atoms with E-state index in [4.69, 9.17) is 0 Å². The zero-order valence-corrected chi connectivity index (χ0v) is 18.4. The van der Waals surface area contributed by atoms with Crippen LogP contribution in [0.2, 0.25) is 0 Å². The molecular weight excluding hydrogens is 449 g/mol. The van der Waals surface area contributed by atoms with Crippen LogP contribution in [0.4, 0.5) is 0 Å². The molecule has 0 aliphatic heterocycles. The Morgan fingerprint density at radius 3 is 2.44 bits per heavy atom. The van der Waals surface area contributed by atoms with Crippen LogP contribution in [0.15, 0.2) is 35.3 Å². The van der Waals surface area contributed by atoms with Gasteiger partial charge in [0.25, 0.3) is 0 Å². The number of sulfone groups is 1. The van der Waals surface area contributed by atoms with E-state index in [1.54, 1.807) is 7.05 Å². The molecule has 1 aliphatic carbocycles. The number of hydrogen-bond acceptors (Lipinski definition) is 3. The van der Waals surface area contributed by atoms with Crippen LogP contribution in [0.1, 0.15) is 31.7 Å². The van der Waals surface area contributed by atoms with Gasteiger partial charge in [0.15, 0.2) is 5.96 Å². The summed E-state index contributed by atoms with van der Waals surface area (Å²) < 4.78 is 22.5. The van der Waals surface area contributed by atoms with Gasteiger partial charge in [-0.25, -0.2) is 8.42 Å². The Labute approximate surface area is 169 Å². The summed E-state index contributed by atoms with van der Waals surface area (Å²) in [5.74, 6) is 0.936. The molecule has 0 heterocycles. The van der Waals surface area contributed by atoms with Crippen LogP contribution >= 0.6 is 24.0 Å². The average molecular weight is 479 g/mol. The van der Waals surface area contributed by atoms with Gasteiger partial charge >= 0.3 is 0 Å². The highest BCUT2D eigenvalue weighted by molar-refractivity contribution is 14.0. The Hall–Kier alpha value is -0.830. The number of benzene rings is 1. The number of hydrogen-bond donors (Lipinski definition) is 2. The molecule has 1 atom stereocenters. The average Bonchev–Trinajstić information content (AvgIpc) is 3.29. The summed E-state index contributed by atoms with van der Waals surface area (Å²) in [6.45, 7) is 2.87. The van der Waals surface area contributed by atoms with Crippen LogP contribution in [0, 0.1) is 5.41 Å². The van der Waals surface area contributed by atoms with Gasteiger partial charge in [-0.2, -0.15) is 0 Å². The minimum atomic E-state index is -2.92. The molecule has 0 aromatic heterocycles. The number of rotatable bonds is 8. The summed E-state index contributed by atoms with van der Waals surface area (Å²) in [6, 6.07) is 10.6. The quantitative estimate of drug-likeness (QED) is 0.342. The van der Waals surface area contributed by atoms with Gasteiger partial charge in [0.1, 0.15) is 9.84 Å². The lowest BCUT2D eigenvalue weighted by Gasteiger charge is -2.21. The fourth-order valence-corrected chi connectivity index (χ4v) is 3.57. The molecule has 142 valence electrons. The van der Waals surface area contributed by atoms with Crippen molar-refractivity contribution in [2.45, 2.75) is 38.6 Å². The van der Waals surface area contributed by atoms with Crippen LogP contribution in [0.25, 0.3) is 0 Å². The van der Waals surface area contributed by atoms with E-state index in [0.717, 1.165) is 18.9 Å². The highest BCUT2D eigenvalue weighted by Crippen LogP contribution is 2.47. The molecule has 1 aromatic carbocycles. The van der Waals surface area contributed by atoms with Gasteiger partial charge in [-0.05, 0) is 43.6 Å². The van der Waals surface area contributed by atoms with Crippen LogP contribution in [0.5, 0.6) is 0 Å². The minimum Gasteiger partial charge on any atom is -0.356 e. The van der Waals surface area contributed by atoms with E-state index in [0.29, 0.717) is 11.8 Å². The zero-order chi connectivity index (χ0) is 17.6. The molecule has 1 fully saturated rings. The molecule has 1 aromatic rings. The first-order chi connectivity index (χ1) is 11.3. The summed E-state index contributed by atoms with van der Waals surface area (Å²) in [7, 11) is -1.18. The third kappa shape index (κ3) is 8.40. The van der Waals surface area contributed by atoms with Crippen molar-refractivity contribution in [3.8, 4) is 0 Å². The lowest BCUT2D eigenvalue weighted by atomic mass is 9.96. The molecule has 25 heavy (non-hydrogen) atoms. The van der Waals surface area contributed by atoms with Crippen LogP contribution < -0.4 is 10.6 Å². The lowest BCUT2D eigenvalue weighted by molar-refractivity contribution is 0.488. The molecule has 5 nitrogen and oxygen atoms in total. The maximum atomic E-state index is 11.3. The van der Waals surface area contributed by atoms with Crippen LogP contribution in [0.3, 0.4) is 0 Å². The molecule has 0 spiro atoms. The van der Waals surface area contributed by atoms with Gasteiger partial charge in [0.2, 0.25) is 0 Å². The normalized spacial score (nSPS) is 17.3. The van der Waals surface area contributed by atoms with Crippen molar-refractivity contribution in [2.75, 3.05) is 25.6 Å². The van der Waals surface area contributed by atoms with Crippen molar-refractivity contribution < 1.29 is 8.42 Å². The number of nitrogens with one attached hydrogen (secondary N) is 2. The maximum absolute atomic E-state index is 11.3. The molecule has 0 bridgehead atoms. The van der Waals surface area contributed by atoms with Gasteiger partial charge in [-0.3, -0.25) is 4.99 Å². The van der Waals surface area contributed by atoms with Gasteiger partial charge < -0.3 is 10.6 Å². The smallest absolute Gasteiger partial charge is 0.191 e. The summed E-state index contributed by atoms with van der Waals surface area (Å²) in [5, 5.41) is 6.69. The Morgan fingerprint density at radius 2 is 1.92 bits per heavy atom. The highest BCUT2D eigenvalue weighted by atomic mass is 127. The Morgan fingerprint density at radius 1 is 1.28 bits per heavy atom. The van der Waals surface area contributed by atoms with E-state index < -0.39 is 9.84 Å². The second-order valence-corrected chi connectivity index (χ2v) is 9.31. The first kappa shape index (κ1) is 22.2. The molecule has 0 amide bonds. The molecule has 7 heteroatoms. The van der Waals surface area contributed by atoms with E-state index in [1.807, 2.05) is 13.0 Å². The second kappa shape index (κ2) is 9.75. The van der Waals surface area contributed by atoms with E-state index in [1.165, 1.54) is 24.7 Å². The van der Waals surface area contributed by atoms with Crippen molar-refractivity contribution in [1.82, 2.24) is 10.6 Å². The van der Waals surface area contributed by atoms with Gasteiger partial charge in [0.05, 0.1) is 5.75 Å². The monoisotopic (exact) mass is 479 g/mol. The fraction of sp³-hybridized carbons (Fsp3) is 0.611. The molecule has 0 radical (unpaired) electrons. The number of aliphatic imine (C=N–C) groups is 1. The Bertz CT molecular complexity index is 658. The van der Waals surface area contributed by atoms with Gasteiger partial charge in [-0.15, -0.1) is 24.0 Å². The largest absolute Gasteiger partial charge is 0.356 e. The standard InChI is InChI=1S/C18H29N3O2S.HI/c1-15(9-12-24(3,22)23)21-17(19-2)20-14-18(10-11-18)13-16-7-5-4-6-8-16;/h4-8,15H,9-14H2,1-3H3,(H2,19,20,21);1H. The van der Waals surface area contributed by atoms with Crippen molar-refractivity contribution in [3.05, 3.63) is 35.9 Å². The van der Waals surface area contributed by atoms with E-state index >= 15 is 0 Å². The second-order valence-electron chi connectivity index (χ2n) is 7.05. The summed E-state index contributed by atoms with van der Waals surface area (Å²) in [6.07, 6.45) is 5.40. The maximum Gasteiger partial charge on any atom is 0.191 e. The topological polar surface area (TPSA) is 70.6 Å². The molecule has 1 unspecified atom stereocenters. The molecule has 2 rings (SSSR count). The zero-order valence-electron chi connectivity index (χ0n) is 15.3. The van der Waals surface area contributed by atoms with Crippen LogP contribution in [-0.2, 0) is 16.3 Å². The summed E-state index contributed by atoms with van der Waals surface area (Å²) >= 11 is 0. The summed E-state index contributed by atoms with van der Waals surface area (Å²) in [5.41, 5.74) is 1.70. The van der Waals surface area contributed by atoms with E-state index in [-0.39, 0.29) is 35.8 Å². The fourth-order valence-electron chi connectivity index (χ4n) is 2.78. The van der Waals surface area contributed by atoms with Crippen molar-refractivity contribution in [2.24, 2.45) is 10.4 Å². The molecule has 1 aliphatic rings. The van der Waals surface area contributed by atoms with E-state index in [2.05, 4.69) is 39.9 Å². The van der Waals surface area contributed by atoms with Gasteiger partial charge in [-0.1, -0.05) is 30.3 Å². The SMILES string of the molecule is CN=C(NCC1(Cc2ccccc2)CC1)NC(C)CCS(C)(=O)=O.I. The predicted octanol–water partition coefficient (Wildman–Crippen LogP) is 2.62. The first-order valence-electron chi connectivity index (χ1n) is 8.51. The molecule has 2 N–H and O–H groups in total. The van der Waals surface area contributed by atoms with Crippen molar-refractivity contribution in [1.29, 1.82) is 0 Å². The third-order valence-corrected chi connectivity index (χ3v) is 5.52. The van der Waals surface area contributed by atoms with Gasteiger partial charge in [0, 0.05) is 25.9 Å². The van der Waals surface area contributed by atoms with E-state index in [9.17, 15) is 8.42 Å². The number of guanidine groups is 1. The molecular formula is C18H30IN3O2S. The Balaban J connectivity index is 0.00000312. The highest BCUT2D eigenvalue weighted by Gasteiger charge is 2.42. The summed E-state index contributed by atoms with van der Waals surface area (Å²) in [4.78, 5) is 4.26. The number of halogens is 1. The van der Waals surface area contributed by atoms with Crippen molar-refractivity contribution in [3.63, 3.8) is 0 Å². The van der Waals surface area contributed by atoms with Crippen LogP contribution in [-0.4, -0.2) is 46.0 Å². The van der Waals surface area contributed by atoms with Crippen molar-refractivity contribution >= 4 is 39.8 Å². The Kier molecular flexibility index (Phi) is 8.67. The minimum absolute atomic E-state index is 0. The molecule has 1 saturated carbocycles. The third-order valence-electron chi connectivity index (χ3n) is 4.54. The predicted molar refractivity (Wildman–Crippen MR) is 116 cm³/mol. The lowest BCUT2D eigenvalue weighted by Crippen LogP contribution is -2.44. The number of nitrogens with zero attached hydrogens (tertiary/aromatic N) is 1. The molecule has 0 saturated heterocycles.